The van der Waals surface area contributed by atoms with Gasteiger partial charge in [-0.3, -0.25) is 9.79 Å². The van der Waals surface area contributed by atoms with Gasteiger partial charge in [0.05, 0.1) is 6.04 Å². The lowest BCUT2D eigenvalue weighted by Gasteiger charge is -2.19. The Kier molecular flexibility index (Phi) is 8.06. The number of aromatic nitrogens is 3. The molecule has 1 aromatic heterocycles. The summed E-state index contributed by atoms with van der Waals surface area (Å²) < 4.78 is 2.28. The number of amides is 1. The zero-order chi connectivity index (χ0) is 20.1. The first-order valence-corrected chi connectivity index (χ1v) is 10.5. The molecule has 2 N–H and O–H groups in total. The van der Waals surface area contributed by atoms with Gasteiger partial charge in [0.15, 0.2) is 5.96 Å². The Morgan fingerprint density at radius 1 is 1.20 bits per heavy atom. The highest BCUT2D eigenvalue weighted by molar-refractivity contribution is 14.0. The number of anilines is 1. The number of fused-ring (bicyclic) bond motifs is 1. The van der Waals surface area contributed by atoms with E-state index < -0.39 is 0 Å². The lowest BCUT2D eigenvalue weighted by Crippen LogP contribution is -2.45. The smallest absolute Gasteiger partial charge is 0.229 e. The van der Waals surface area contributed by atoms with E-state index in [1.807, 2.05) is 35.2 Å². The van der Waals surface area contributed by atoms with Gasteiger partial charge in [0.25, 0.3) is 0 Å². The number of guanidine groups is 1. The Hall–Kier alpha value is -2.17. The number of aliphatic imine (C=N–C) groups is 1. The fourth-order valence-electron chi connectivity index (χ4n) is 4.07. The van der Waals surface area contributed by atoms with Crippen molar-refractivity contribution >= 4 is 41.5 Å². The van der Waals surface area contributed by atoms with Gasteiger partial charge in [-0.2, -0.15) is 0 Å². The second-order valence-corrected chi connectivity index (χ2v) is 7.63. The van der Waals surface area contributed by atoms with Gasteiger partial charge in [0, 0.05) is 51.6 Å². The molecule has 2 aliphatic rings. The summed E-state index contributed by atoms with van der Waals surface area (Å²) in [6.07, 6.45) is 5.95. The van der Waals surface area contributed by atoms with Crippen molar-refractivity contribution in [3.63, 3.8) is 0 Å². The van der Waals surface area contributed by atoms with Crippen LogP contribution in [0.3, 0.4) is 0 Å². The summed E-state index contributed by atoms with van der Waals surface area (Å²) in [5.41, 5.74) is 0.942. The zero-order valence-electron chi connectivity index (χ0n) is 17.4. The number of aryl methyl sites for hydroxylation is 1. The van der Waals surface area contributed by atoms with Crippen molar-refractivity contribution in [2.24, 2.45) is 4.99 Å². The van der Waals surface area contributed by atoms with Crippen LogP contribution < -0.4 is 15.5 Å². The minimum atomic E-state index is 0. The lowest BCUT2D eigenvalue weighted by atomic mass is 10.2. The number of para-hydroxylation sites is 1. The van der Waals surface area contributed by atoms with Gasteiger partial charge in [0.2, 0.25) is 5.91 Å². The third-order valence-corrected chi connectivity index (χ3v) is 5.58. The predicted molar refractivity (Wildman–Crippen MR) is 128 cm³/mol. The molecule has 0 aliphatic carbocycles. The number of carbonyl (C=O) groups is 1. The molecular formula is C21H30IN7O. The van der Waals surface area contributed by atoms with E-state index in [9.17, 15) is 4.79 Å². The molecule has 30 heavy (non-hydrogen) atoms. The maximum Gasteiger partial charge on any atom is 0.229 e. The standard InChI is InChI=1S/C21H29N7O.HI/c1-22-21(23-12-11-19-26-25-18-10-6-3-7-13-27(18)19)24-16-14-20(29)28(15-16)17-8-4-2-5-9-17;/h2,4-5,8-9,16H,3,6-7,10-15H2,1H3,(H2,22,23,24);1H. The van der Waals surface area contributed by atoms with Gasteiger partial charge in [-0.05, 0) is 25.0 Å². The maximum atomic E-state index is 12.4. The molecule has 1 unspecified atom stereocenters. The largest absolute Gasteiger partial charge is 0.356 e. The van der Waals surface area contributed by atoms with E-state index in [4.69, 9.17) is 0 Å². The normalized spacial score (nSPS) is 19.1. The molecule has 1 aromatic carbocycles. The highest BCUT2D eigenvalue weighted by Gasteiger charge is 2.31. The molecule has 9 heteroatoms. The topological polar surface area (TPSA) is 87.4 Å². The Balaban J connectivity index is 0.00000256. The molecule has 1 fully saturated rings. The number of carbonyl (C=O) groups excluding carboxylic acids is 1. The predicted octanol–water partition coefficient (Wildman–Crippen LogP) is 2.14. The van der Waals surface area contributed by atoms with Crippen LogP contribution in [0.4, 0.5) is 5.69 Å². The molecule has 2 aromatic rings. The molecular weight excluding hydrogens is 493 g/mol. The number of benzene rings is 1. The number of halogens is 1. The van der Waals surface area contributed by atoms with Crippen LogP contribution in [0.2, 0.25) is 0 Å². The van der Waals surface area contributed by atoms with Crippen LogP contribution >= 0.6 is 24.0 Å². The van der Waals surface area contributed by atoms with Crippen molar-refractivity contribution in [3.05, 3.63) is 42.0 Å². The molecule has 1 saturated heterocycles. The van der Waals surface area contributed by atoms with Gasteiger partial charge in [-0.25, -0.2) is 0 Å². The van der Waals surface area contributed by atoms with E-state index in [-0.39, 0.29) is 35.9 Å². The van der Waals surface area contributed by atoms with Gasteiger partial charge in [0.1, 0.15) is 11.6 Å². The summed E-state index contributed by atoms with van der Waals surface area (Å²) in [6, 6.07) is 9.84. The van der Waals surface area contributed by atoms with Crippen LogP contribution in [0.5, 0.6) is 0 Å². The van der Waals surface area contributed by atoms with Gasteiger partial charge < -0.3 is 20.1 Å². The quantitative estimate of drug-likeness (QED) is 0.357. The maximum absolute atomic E-state index is 12.4. The monoisotopic (exact) mass is 523 g/mol. The van der Waals surface area contributed by atoms with Crippen LogP contribution in [-0.4, -0.2) is 52.8 Å². The molecule has 3 heterocycles. The third-order valence-electron chi connectivity index (χ3n) is 5.58. The number of rotatable bonds is 5. The third kappa shape index (κ3) is 5.30. The molecule has 1 amide bonds. The van der Waals surface area contributed by atoms with E-state index in [1.165, 1.54) is 19.3 Å². The van der Waals surface area contributed by atoms with Crippen molar-refractivity contribution in [1.29, 1.82) is 0 Å². The lowest BCUT2D eigenvalue weighted by molar-refractivity contribution is -0.117. The fraction of sp³-hybridized carbons (Fsp3) is 0.524. The van der Waals surface area contributed by atoms with E-state index in [2.05, 4.69) is 30.4 Å². The first kappa shape index (κ1) is 22.5. The molecule has 4 rings (SSSR count). The molecule has 2 aliphatic heterocycles. The summed E-state index contributed by atoms with van der Waals surface area (Å²) in [5.74, 6) is 3.00. The first-order chi connectivity index (χ1) is 14.2. The summed E-state index contributed by atoms with van der Waals surface area (Å²) in [7, 11) is 1.75. The molecule has 0 bridgehead atoms. The second kappa shape index (κ2) is 10.7. The van der Waals surface area contributed by atoms with Crippen LogP contribution in [-0.2, 0) is 24.2 Å². The molecule has 8 nitrogen and oxygen atoms in total. The minimum Gasteiger partial charge on any atom is -0.356 e. The number of nitrogens with zero attached hydrogens (tertiary/aromatic N) is 5. The number of hydrogen-bond acceptors (Lipinski definition) is 4. The van der Waals surface area contributed by atoms with Crippen LogP contribution in [0.25, 0.3) is 0 Å². The molecule has 0 spiro atoms. The Labute approximate surface area is 194 Å². The summed E-state index contributed by atoms with van der Waals surface area (Å²) in [5, 5.41) is 15.5. The van der Waals surface area contributed by atoms with Crippen LogP contribution in [0.15, 0.2) is 35.3 Å². The minimum absolute atomic E-state index is 0. The van der Waals surface area contributed by atoms with Gasteiger partial charge >= 0.3 is 0 Å². The van der Waals surface area contributed by atoms with Crippen LogP contribution in [0.1, 0.15) is 37.3 Å². The van der Waals surface area contributed by atoms with Crippen molar-refractivity contribution < 1.29 is 4.79 Å². The van der Waals surface area contributed by atoms with E-state index in [0.29, 0.717) is 18.9 Å². The molecule has 0 radical (unpaired) electrons. The van der Waals surface area contributed by atoms with E-state index in [0.717, 1.165) is 43.3 Å². The van der Waals surface area contributed by atoms with Crippen molar-refractivity contribution in [2.45, 2.75) is 51.1 Å². The number of hydrogen-bond donors (Lipinski definition) is 2. The van der Waals surface area contributed by atoms with E-state index in [1.54, 1.807) is 7.05 Å². The highest BCUT2D eigenvalue weighted by Crippen LogP contribution is 2.21. The number of nitrogens with one attached hydrogen (secondary N) is 2. The zero-order valence-corrected chi connectivity index (χ0v) is 19.7. The summed E-state index contributed by atoms with van der Waals surface area (Å²) in [6.45, 7) is 2.38. The summed E-state index contributed by atoms with van der Waals surface area (Å²) >= 11 is 0. The highest BCUT2D eigenvalue weighted by atomic mass is 127. The molecule has 162 valence electrons. The Morgan fingerprint density at radius 3 is 2.83 bits per heavy atom. The van der Waals surface area contributed by atoms with Gasteiger partial charge in [-0.1, -0.05) is 24.6 Å². The average Bonchev–Trinajstić information content (AvgIpc) is 3.21. The van der Waals surface area contributed by atoms with Crippen molar-refractivity contribution in [2.75, 3.05) is 25.0 Å². The second-order valence-electron chi connectivity index (χ2n) is 7.63. The first-order valence-electron chi connectivity index (χ1n) is 10.5. The van der Waals surface area contributed by atoms with Crippen molar-refractivity contribution in [1.82, 2.24) is 25.4 Å². The van der Waals surface area contributed by atoms with Gasteiger partial charge in [-0.15, -0.1) is 34.2 Å². The molecule has 0 saturated carbocycles. The van der Waals surface area contributed by atoms with E-state index >= 15 is 0 Å². The fourth-order valence-corrected chi connectivity index (χ4v) is 4.07. The molecule has 1 atom stereocenters. The Bertz CT molecular complexity index is 867. The summed E-state index contributed by atoms with van der Waals surface area (Å²) in [4.78, 5) is 18.5. The average molecular weight is 523 g/mol. The van der Waals surface area contributed by atoms with Crippen molar-refractivity contribution in [3.8, 4) is 0 Å². The SMILES string of the molecule is CN=C(NCCc1nnc2n1CCCCC2)NC1CC(=O)N(c2ccccc2)C1.I. The van der Waals surface area contributed by atoms with Crippen LogP contribution in [0, 0.1) is 0 Å². The Morgan fingerprint density at radius 2 is 2.03 bits per heavy atom.